The molecule has 691 valence electrons. The van der Waals surface area contributed by atoms with Crippen molar-refractivity contribution in [1.82, 2.24) is 26.1 Å². The van der Waals surface area contributed by atoms with Crippen LogP contribution < -0.4 is 15.3 Å². The van der Waals surface area contributed by atoms with Gasteiger partial charge in [0, 0.05) is 163 Å². The molecule has 1 atom stereocenters. The maximum atomic E-state index is 15.3. The fraction of sp³-hybridized carbons (Fsp3) is 0.129. The van der Waals surface area contributed by atoms with E-state index in [1.165, 1.54) is 82.8 Å². The Labute approximate surface area is 796 Å². The predicted octanol–water partition coefficient (Wildman–Crippen LogP) is 25.1. The van der Waals surface area contributed by atoms with Crippen molar-refractivity contribution in [2.75, 3.05) is 13.7 Å². The van der Waals surface area contributed by atoms with Crippen molar-refractivity contribution in [2.24, 2.45) is 14.1 Å². The first kappa shape index (κ1) is 123. The molecule has 11 N–H and O–H groups in total. The van der Waals surface area contributed by atoms with Crippen molar-refractivity contribution in [3.8, 4) is 67.5 Å². The van der Waals surface area contributed by atoms with Crippen LogP contribution in [0.5, 0.6) is 0 Å². The summed E-state index contributed by atoms with van der Waals surface area (Å²) in [6.07, 6.45) is 13.2. The summed E-state index contributed by atoms with van der Waals surface area (Å²) >= 11 is 0. The Bertz CT molecular complexity index is 5750. The van der Waals surface area contributed by atoms with Crippen LogP contribution in [0.3, 0.4) is 0 Å². The van der Waals surface area contributed by atoms with Gasteiger partial charge in [-0.25, -0.2) is 19.9 Å². The number of esters is 4. The van der Waals surface area contributed by atoms with E-state index < -0.39 is 58.6 Å². The van der Waals surface area contributed by atoms with E-state index in [-0.39, 0.29) is 188 Å². The summed E-state index contributed by atoms with van der Waals surface area (Å²) in [5.41, 5.74) is 14.8. The normalized spacial score (nSPS) is 10.4. The quantitative estimate of drug-likeness (QED) is 0.0328. The molecule has 0 saturated carbocycles. The van der Waals surface area contributed by atoms with Crippen LogP contribution in [0.2, 0.25) is 0 Å². The molecule has 0 spiro atoms. The Kier molecular flexibility index (Phi) is 58.8. The number of hydrogen-bond acceptors (Lipinski definition) is 13. The Hall–Kier alpha value is -12.5. The van der Waals surface area contributed by atoms with Gasteiger partial charge in [0.1, 0.15) is 14.1 Å². The molecule has 1 unspecified atom stereocenters. The number of fused-ring (bicyclic) bond motifs is 1. The summed E-state index contributed by atoms with van der Waals surface area (Å²) in [6, 6.07) is 86.5. The van der Waals surface area contributed by atoms with Crippen molar-refractivity contribution in [3.05, 3.63) is 449 Å². The fourth-order valence-electron chi connectivity index (χ4n) is 11.6. The van der Waals surface area contributed by atoms with E-state index in [1.807, 2.05) is 72.8 Å². The third-order valence-electron chi connectivity index (χ3n) is 17.5. The predicted molar refractivity (Wildman–Crippen MR) is 492 cm³/mol. The van der Waals surface area contributed by atoms with Crippen molar-refractivity contribution < 1.29 is 130 Å². The number of nitrogens with two attached hydrogens (primary N) is 4. The minimum Gasteiger partial charge on any atom is -0.719 e. The molecule has 6 aromatic heterocycles. The number of hydrogen-bond donors (Lipinski definition) is 1. The van der Waals surface area contributed by atoms with Crippen molar-refractivity contribution in [3.63, 3.8) is 0 Å². The van der Waals surface area contributed by atoms with E-state index in [1.54, 1.807) is 80.1 Å². The summed E-state index contributed by atoms with van der Waals surface area (Å²) in [4.78, 5) is 61.2. The Balaban J connectivity index is -0.000000729. The van der Waals surface area contributed by atoms with E-state index in [9.17, 15) is 32.3 Å². The number of benzene rings is 8. The van der Waals surface area contributed by atoms with Crippen molar-refractivity contribution in [2.45, 2.75) is 61.3 Å². The second kappa shape index (κ2) is 61.8. The first-order valence-corrected chi connectivity index (χ1v) is 36.3. The molecular formula is C101H105F5Ir3N12O8-12. The van der Waals surface area contributed by atoms with Crippen LogP contribution in [0, 0.1) is 110 Å². The van der Waals surface area contributed by atoms with E-state index in [4.69, 9.17) is 9.47 Å². The van der Waals surface area contributed by atoms with Gasteiger partial charge < -0.3 is 105 Å². The number of pyridine rings is 6. The molecule has 14 aromatic rings. The van der Waals surface area contributed by atoms with Crippen molar-refractivity contribution >= 4 is 40.5 Å². The molecule has 0 fully saturated rings. The molecule has 20 nitrogen and oxygen atoms in total. The van der Waals surface area contributed by atoms with Crippen LogP contribution in [0.1, 0.15) is 76.6 Å². The van der Waals surface area contributed by atoms with E-state index >= 15 is 8.78 Å². The zero-order valence-electron chi connectivity index (χ0n) is 72.6. The van der Waals surface area contributed by atoms with Crippen LogP contribution >= 0.6 is 0 Å². The number of ether oxygens (including phenoxy) is 4. The summed E-state index contributed by atoms with van der Waals surface area (Å²) in [5, 5.41) is 5.68. The standard InChI is InChI=1S/C25H16F3N2O2.C17H16N.C16H14NO4.C14H12NO2.C13H14N.C11H6F2N.CH4.4CH3.3Ir.H3N.4H2N/c1-14-9-10-15(18(26)12-14)20-7-5-8-21(30-20)17-13-16(19-6-3-4-11-29-19)23(27)22(24(17)28)25(31)32-2;1-13-7-3-5-9-15(13)17-12-11-14-8-4-6-10-16(14)18(17)2;1-12(18)20-11-16(19)21-10-13-5-7-14(8-6-13)15-4-2-3-9-17-15;1-11(16)17-10-12-5-7-13(8-6-12)14-4-2-3-9-15-14;1-11-7-3-4-8-12(11)13-9-5-6-10-14(13)2;12-8-4-5-9(10(13)7-8)11-3-1-2-6-14-11;;;;;;;;;;;;;/h3-9,11-12,21H,1-2H3;3-12H,1-2H3;2-7,9H,10-11H2,1H3;2-7,9H,10H2,1H3;3-10H,1-2H3;1-4,6-7H;1H4;4*1H3;;;;1H3;4*1H2/q-3;+1;2*-1;+1;-1;;4*-1;;;;;4*-1. The smallest absolute Gasteiger partial charge is 0.343 e. The molecule has 0 saturated heterocycles. The summed E-state index contributed by atoms with van der Waals surface area (Å²) in [6.45, 7) is 8.69. The largest absolute Gasteiger partial charge is 0.719 e. The summed E-state index contributed by atoms with van der Waals surface area (Å²) in [5.74, 6) is -6.65. The van der Waals surface area contributed by atoms with Crippen LogP contribution in [-0.2, 0) is 121 Å². The Morgan fingerprint density at radius 3 is 1.44 bits per heavy atom. The van der Waals surface area contributed by atoms with Gasteiger partial charge in [-0.05, 0) is 102 Å². The van der Waals surface area contributed by atoms with Gasteiger partial charge in [-0.1, -0.05) is 158 Å². The molecule has 129 heavy (non-hydrogen) atoms. The number of aryl methyl sites for hydroxylation is 5. The number of methoxy groups -OCH3 is 1. The van der Waals surface area contributed by atoms with E-state index in [0.717, 1.165) is 52.9 Å². The molecular weight excluding hydrogens is 2180 g/mol. The number of para-hydroxylation sites is 1. The number of aromatic nitrogens is 6. The number of carbonyl (C=O) groups excluding carboxylic acids is 4. The summed E-state index contributed by atoms with van der Waals surface area (Å²) in [7, 11) is 5.23. The molecule has 8 aromatic carbocycles. The number of carbonyl (C=O) groups is 4. The second-order valence-electron chi connectivity index (χ2n) is 25.8. The van der Waals surface area contributed by atoms with Crippen LogP contribution in [0.4, 0.5) is 22.0 Å². The van der Waals surface area contributed by atoms with Crippen molar-refractivity contribution in [1.29, 1.82) is 0 Å². The molecule has 1 aliphatic rings. The number of rotatable bonds is 15. The van der Waals surface area contributed by atoms with Gasteiger partial charge in [-0.15, -0.1) is 119 Å². The first-order chi connectivity index (χ1) is 56.1. The average Bonchev–Trinajstić information content (AvgIpc) is 0.761. The minimum absolute atomic E-state index is 0. The number of allylic oxidation sites excluding steroid dienone is 2. The number of nitrogens with zero attached hydrogens (tertiary/aromatic N) is 7. The van der Waals surface area contributed by atoms with Gasteiger partial charge in [-0.3, -0.25) is 31.5 Å². The summed E-state index contributed by atoms with van der Waals surface area (Å²) < 4.78 is 94.1. The molecule has 0 aliphatic carbocycles. The third kappa shape index (κ3) is 35.2. The van der Waals surface area contributed by atoms with Gasteiger partial charge in [0.15, 0.2) is 12.8 Å². The molecule has 7 heterocycles. The SMILES string of the molecule is C.CC(=O)OCC(=O)OCc1c[c-]c(-c2ccccn2)cc1.CC(=O)OCc1c[c-]c(-c2ccccn2)cc1.COC(=O)c1c(F)c(-c2ccccn2)[c-]c(C2C=CC=C(c3[c-]cc(C)cc3F)[N-]2)c1F.Cc1ccccc1-c1ccc2ccccc2[n+]1C.Cc1ccccc1-c1cccc[n+]1C.Fc1c[c-]c(-c2ccccn2)c(F)c1.N.[CH3-].[CH3-].[CH3-].[CH3-].[Ir].[Ir].[Ir].[NH2-].[NH2-].[NH2-].[NH2-]. The molecule has 3 radical (unpaired) electrons. The topological polar surface area (TPSA) is 348 Å². The van der Waals surface area contributed by atoms with Gasteiger partial charge in [0.05, 0.1) is 32.0 Å². The Morgan fingerprint density at radius 2 is 0.961 bits per heavy atom. The minimum atomic E-state index is -1.18. The third-order valence-corrected chi connectivity index (χ3v) is 17.5. The molecule has 15 rings (SSSR count). The van der Waals surface area contributed by atoms with Gasteiger partial charge in [0.2, 0.25) is 16.9 Å². The van der Waals surface area contributed by atoms with Crippen LogP contribution in [0.25, 0.3) is 114 Å². The molecule has 0 amide bonds. The van der Waals surface area contributed by atoms with E-state index in [0.29, 0.717) is 11.3 Å². The van der Waals surface area contributed by atoms with Gasteiger partial charge in [-0.2, -0.15) is 4.57 Å². The van der Waals surface area contributed by atoms with E-state index in [2.05, 4.69) is 205 Å². The van der Waals surface area contributed by atoms with Gasteiger partial charge >= 0.3 is 23.9 Å². The molecule has 1 aliphatic heterocycles. The fourth-order valence-corrected chi connectivity index (χ4v) is 11.6. The zero-order valence-corrected chi connectivity index (χ0v) is 79.8. The molecule has 0 bridgehead atoms. The number of halogens is 5. The first-order valence-electron chi connectivity index (χ1n) is 36.3. The second-order valence-corrected chi connectivity index (χ2v) is 25.8. The van der Waals surface area contributed by atoms with Gasteiger partial charge in [0.25, 0.3) is 0 Å². The molecule has 28 heteroatoms. The Morgan fingerprint density at radius 1 is 0.488 bits per heavy atom. The maximum Gasteiger partial charge on any atom is 0.343 e. The van der Waals surface area contributed by atoms with Crippen LogP contribution in [0.15, 0.2) is 286 Å². The monoisotopic (exact) mass is 2290 g/mol. The van der Waals surface area contributed by atoms with Crippen LogP contribution in [-0.4, -0.2) is 57.5 Å². The zero-order chi connectivity index (χ0) is 82.5. The maximum absolute atomic E-state index is 15.3. The average molecular weight is 2290 g/mol.